The first kappa shape index (κ1) is 14.8. The average Bonchev–Trinajstić information content (AvgIpc) is 2.41. The SMILES string of the molecule is O=C(O)C(=NCc1ccc(Br)cc1)c1cccc(Cl)c1. The van der Waals surface area contributed by atoms with Gasteiger partial charge in [-0.3, -0.25) is 4.99 Å². The summed E-state index contributed by atoms with van der Waals surface area (Å²) in [7, 11) is 0. The van der Waals surface area contributed by atoms with Gasteiger partial charge in [-0.2, -0.15) is 0 Å². The molecule has 0 saturated carbocycles. The van der Waals surface area contributed by atoms with Crippen LogP contribution in [-0.2, 0) is 11.3 Å². The highest BCUT2D eigenvalue weighted by Crippen LogP contribution is 2.14. The second-order valence-corrected chi connectivity index (χ2v) is 5.46. The molecule has 5 heteroatoms. The smallest absolute Gasteiger partial charge is 0.354 e. The molecule has 102 valence electrons. The third-order valence-corrected chi connectivity index (χ3v) is 3.40. The van der Waals surface area contributed by atoms with E-state index in [2.05, 4.69) is 20.9 Å². The lowest BCUT2D eigenvalue weighted by Crippen LogP contribution is -2.14. The maximum Gasteiger partial charge on any atom is 0.354 e. The van der Waals surface area contributed by atoms with Crippen molar-refractivity contribution in [1.29, 1.82) is 0 Å². The number of rotatable bonds is 4. The molecule has 0 aliphatic heterocycles. The van der Waals surface area contributed by atoms with Gasteiger partial charge in [-0.1, -0.05) is 51.8 Å². The van der Waals surface area contributed by atoms with Crippen LogP contribution in [0.5, 0.6) is 0 Å². The van der Waals surface area contributed by atoms with Crippen LogP contribution in [0.25, 0.3) is 0 Å². The van der Waals surface area contributed by atoms with Gasteiger partial charge < -0.3 is 5.11 Å². The van der Waals surface area contributed by atoms with Crippen LogP contribution in [0.4, 0.5) is 0 Å². The highest BCUT2D eigenvalue weighted by Gasteiger charge is 2.12. The summed E-state index contributed by atoms with van der Waals surface area (Å²) >= 11 is 9.22. The third kappa shape index (κ3) is 3.92. The Kier molecular flexibility index (Phi) is 4.93. The highest BCUT2D eigenvalue weighted by molar-refractivity contribution is 9.10. The van der Waals surface area contributed by atoms with Gasteiger partial charge in [0.25, 0.3) is 0 Å². The summed E-state index contributed by atoms with van der Waals surface area (Å²) in [6.07, 6.45) is 0. The fourth-order valence-electron chi connectivity index (χ4n) is 1.68. The first-order valence-electron chi connectivity index (χ1n) is 5.84. The monoisotopic (exact) mass is 351 g/mol. The first-order valence-corrected chi connectivity index (χ1v) is 7.01. The van der Waals surface area contributed by atoms with Crippen molar-refractivity contribution >= 4 is 39.2 Å². The van der Waals surface area contributed by atoms with Crippen LogP contribution in [0.2, 0.25) is 5.02 Å². The second kappa shape index (κ2) is 6.68. The molecule has 0 amide bonds. The molecule has 0 heterocycles. The summed E-state index contributed by atoms with van der Waals surface area (Å²) in [5, 5.41) is 9.74. The number of halogens is 2. The fourth-order valence-corrected chi connectivity index (χ4v) is 2.13. The summed E-state index contributed by atoms with van der Waals surface area (Å²) in [6, 6.07) is 14.2. The second-order valence-electron chi connectivity index (χ2n) is 4.11. The Morgan fingerprint density at radius 2 is 1.90 bits per heavy atom. The van der Waals surface area contributed by atoms with Gasteiger partial charge in [-0.25, -0.2) is 4.79 Å². The molecule has 0 spiro atoms. The van der Waals surface area contributed by atoms with Crippen molar-refractivity contribution in [3.8, 4) is 0 Å². The number of aliphatic carboxylic acids is 1. The topological polar surface area (TPSA) is 49.7 Å². The molecular weight excluding hydrogens is 342 g/mol. The van der Waals surface area contributed by atoms with Crippen LogP contribution in [0, 0.1) is 0 Å². The van der Waals surface area contributed by atoms with Crippen molar-refractivity contribution in [3.63, 3.8) is 0 Å². The molecule has 1 N–H and O–H groups in total. The van der Waals surface area contributed by atoms with Gasteiger partial charge in [0, 0.05) is 15.1 Å². The first-order chi connectivity index (χ1) is 9.56. The normalized spacial score (nSPS) is 11.4. The van der Waals surface area contributed by atoms with Gasteiger partial charge in [0.2, 0.25) is 0 Å². The van der Waals surface area contributed by atoms with Crippen LogP contribution in [0.1, 0.15) is 11.1 Å². The maximum absolute atomic E-state index is 11.3. The van der Waals surface area contributed by atoms with E-state index in [-0.39, 0.29) is 5.71 Å². The Bertz CT molecular complexity index is 653. The fraction of sp³-hybridized carbons (Fsp3) is 0.0667. The molecular formula is C15H11BrClNO2. The standard InChI is InChI=1S/C15H11BrClNO2/c16-12-6-4-10(5-7-12)9-18-14(15(19)20)11-2-1-3-13(17)8-11/h1-8H,9H2,(H,19,20). The number of aliphatic imine (C=N–C) groups is 1. The zero-order chi connectivity index (χ0) is 14.5. The molecule has 0 bridgehead atoms. The van der Waals surface area contributed by atoms with E-state index in [9.17, 15) is 9.90 Å². The van der Waals surface area contributed by atoms with Gasteiger partial charge in [0.05, 0.1) is 6.54 Å². The van der Waals surface area contributed by atoms with E-state index in [1.165, 1.54) is 0 Å². The zero-order valence-electron chi connectivity index (χ0n) is 10.4. The van der Waals surface area contributed by atoms with Crippen LogP contribution in [0.3, 0.4) is 0 Å². The number of carbonyl (C=O) groups is 1. The van der Waals surface area contributed by atoms with Crippen molar-refractivity contribution < 1.29 is 9.90 Å². The van der Waals surface area contributed by atoms with E-state index < -0.39 is 5.97 Å². The van der Waals surface area contributed by atoms with Crippen LogP contribution in [0.15, 0.2) is 58.0 Å². The van der Waals surface area contributed by atoms with Gasteiger partial charge in [-0.05, 0) is 29.8 Å². The molecule has 0 aliphatic rings. The van der Waals surface area contributed by atoms with Gasteiger partial charge >= 0.3 is 5.97 Å². The van der Waals surface area contributed by atoms with Crippen LogP contribution in [-0.4, -0.2) is 16.8 Å². The van der Waals surface area contributed by atoms with Crippen LogP contribution >= 0.6 is 27.5 Å². The lowest BCUT2D eigenvalue weighted by atomic mass is 10.1. The summed E-state index contributed by atoms with van der Waals surface area (Å²) in [4.78, 5) is 15.5. The molecule has 0 aliphatic carbocycles. The number of hydrogen-bond donors (Lipinski definition) is 1. The van der Waals surface area contributed by atoms with Gasteiger partial charge in [0.1, 0.15) is 0 Å². The number of hydrogen-bond acceptors (Lipinski definition) is 2. The Hall–Kier alpha value is -1.65. The van der Waals surface area contributed by atoms with Gasteiger partial charge in [-0.15, -0.1) is 0 Å². The van der Waals surface area contributed by atoms with E-state index in [1.807, 2.05) is 24.3 Å². The minimum absolute atomic E-state index is 0.00965. The largest absolute Gasteiger partial charge is 0.477 e. The Morgan fingerprint density at radius 1 is 1.20 bits per heavy atom. The van der Waals surface area contributed by atoms with E-state index in [0.717, 1.165) is 10.0 Å². The van der Waals surface area contributed by atoms with Crippen LogP contribution < -0.4 is 0 Å². The predicted molar refractivity (Wildman–Crippen MR) is 83.5 cm³/mol. The maximum atomic E-state index is 11.3. The molecule has 20 heavy (non-hydrogen) atoms. The predicted octanol–water partition coefficient (Wildman–Crippen LogP) is 4.18. The minimum Gasteiger partial charge on any atom is -0.477 e. The Balaban J connectivity index is 2.27. The van der Waals surface area contributed by atoms with Crippen molar-refractivity contribution in [3.05, 3.63) is 69.2 Å². The summed E-state index contributed by atoms with van der Waals surface area (Å²) < 4.78 is 0.971. The van der Waals surface area contributed by atoms with E-state index in [4.69, 9.17) is 11.6 Å². The molecule has 2 aromatic rings. The Morgan fingerprint density at radius 3 is 2.50 bits per heavy atom. The molecule has 3 nitrogen and oxygen atoms in total. The van der Waals surface area contributed by atoms with E-state index in [0.29, 0.717) is 17.1 Å². The molecule has 2 aromatic carbocycles. The third-order valence-electron chi connectivity index (χ3n) is 2.63. The lowest BCUT2D eigenvalue weighted by molar-refractivity contribution is -0.129. The quantitative estimate of drug-likeness (QED) is 0.839. The number of nitrogens with zero attached hydrogens (tertiary/aromatic N) is 1. The molecule has 2 rings (SSSR count). The number of carboxylic acid groups (broad SMARTS) is 1. The molecule has 0 atom stereocenters. The minimum atomic E-state index is -1.07. The molecule has 0 radical (unpaired) electrons. The van der Waals surface area contributed by atoms with Crippen molar-refractivity contribution in [2.75, 3.05) is 0 Å². The highest BCUT2D eigenvalue weighted by atomic mass is 79.9. The van der Waals surface area contributed by atoms with Crippen molar-refractivity contribution in [2.24, 2.45) is 4.99 Å². The Labute approximate surface area is 130 Å². The number of benzene rings is 2. The van der Waals surface area contributed by atoms with Gasteiger partial charge in [0.15, 0.2) is 5.71 Å². The van der Waals surface area contributed by atoms with E-state index >= 15 is 0 Å². The molecule has 0 fully saturated rings. The molecule has 0 unspecified atom stereocenters. The summed E-state index contributed by atoms with van der Waals surface area (Å²) in [5.41, 5.74) is 1.45. The van der Waals surface area contributed by atoms with Crippen molar-refractivity contribution in [2.45, 2.75) is 6.54 Å². The zero-order valence-corrected chi connectivity index (χ0v) is 12.7. The summed E-state index contributed by atoms with van der Waals surface area (Å²) in [6.45, 7) is 0.307. The van der Waals surface area contributed by atoms with Crippen molar-refractivity contribution in [1.82, 2.24) is 0 Å². The summed E-state index contributed by atoms with van der Waals surface area (Å²) in [5.74, 6) is -1.07. The lowest BCUT2D eigenvalue weighted by Gasteiger charge is -2.03. The molecule has 0 saturated heterocycles. The van der Waals surface area contributed by atoms with E-state index in [1.54, 1.807) is 24.3 Å². The molecule has 0 aromatic heterocycles. The average molecular weight is 353 g/mol. The number of carboxylic acids is 1.